The average Bonchev–Trinajstić information content (AvgIpc) is 2.48. The van der Waals surface area contributed by atoms with Crippen molar-refractivity contribution in [2.45, 2.75) is 0 Å². The number of benzene rings is 2. The van der Waals surface area contributed by atoms with Gasteiger partial charge in [-0.1, -0.05) is 11.6 Å². The van der Waals surface area contributed by atoms with E-state index in [9.17, 15) is 14.9 Å². The number of rotatable bonds is 3. The molecule has 2 rings (SSSR count). The zero-order valence-corrected chi connectivity index (χ0v) is 11.9. The lowest BCUT2D eigenvalue weighted by Gasteiger charge is -2.17. The second kappa shape index (κ2) is 5.80. The number of halogens is 1. The quantitative estimate of drug-likeness (QED) is 0.536. The van der Waals surface area contributed by atoms with Crippen molar-refractivity contribution in [1.82, 2.24) is 0 Å². The first-order valence-corrected chi connectivity index (χ1v) is 6.35. The highest BCUT2D eigenvalue weighted by atomic mass is 35.5. The van der Waals surface area contributed by atoms with E-state index in [1.54, 1.807) is 19.2 Å². The van der Waals surface area contributed by atoms with Crippen LogP contribution in [0.15, 0.2) is 42.5 Å². The van der Waals surface area contributed by atoms with E-state index >= 15 is 0 Å². The van der Waals surface area contributed by atoms with Crippen LogP contribution >= 0.6 is 11.6 Å². The minimum Gasteiger partial charge on any atom is -0.398 e. The van der Waals surface area contributed by atoms with Crippen LogP contribution < -0.4 is 10.6 Å². The second-order valence-corrected chi connectivity index (χ2v) is 4.78. The minimum atomic E-state index is -0.495. The molecule has 6 nitrogen and oxygen atoms in total. The molecule has 0 aliphatic heterocycles. The molecule has 2 aromatic rings. The zero-order chi connectivity index (χ0) is 15.6. The van der Waals surface area contributed by atoms with Gasteiger partial charge in [-0.3, -0.25) is 14.9 Å². The molecule has 0 aliphatic rings. The molecule has 0 fully saturated rings. The number of nitrogens with two attached hydrogens (primary N) is 1. The number of hydrogen-bond donors (Lipinski definition) is 1. The molecule has 21 heavy (non-hydrogen) atoms. The van der Waals surface area contributed by atoms with Crippen molar-refractivity contribution in [3.63, 3.8) is 0 Å². The number of carbonyl (C=O) groups excluding carboxylic acids is 1. The molecule has 7 heteroatoms. The Balaban J connectivity index is 2.25. The van der Waals surface area contributed by atoms with Crippen LogP contribution in [0.1, 0.15) is 10.4 Å². The monoisotopic (exact) mass is 305 g/mol. The summed E-state index contributed by atoms with van der Waals surface area (Å²) in [4.78, 5) is 23.8. The van der Waals surface area contributed by atoms with Gasteiger partial charge in [0.1, 0.15) is 0 Å². The highest BCUT2D eigenvalue weighted by molar-refractivity contribution is 6.33. The molecule has 2 aromatic carbocycles. The topological polar surface area (TPSA) is 89.5 Å². The molecule has 1 amide bonds. The van der Waals surface area contributed by atoms with Gasteiger partial charge in [0, 0.05) is 30.4 Å². The summed E-state index contributed by atoms with van der Waals surface area (Å²) in [5, 5.41) is 10.9. The van der Waals surface area contributed by atoms with Gasteiger partial charge >= 0.3 is 0 Å². The van der Waals surface area contributed by atoms with Crippen LogP contribution in [-0.4, -0.2) is 17.9 Å². The van der Waals surface area contributed by atoms with Crippen molar-refractivity contribution in [1.29, 1.82) is 0 Å². The highest BCUT2D eigenvalue weighted by Crippen LogP contribution is 2.23. The van der Waals surface area contributed by atoms with Crippen molar-refractivity contribution in [3.05, 3.63) is 63.2 Å². The van der Waals surface area contributed by atoms with Crippen LogP contribution in [0.2, 0.25) is 5.02 Å². The van der Waals surface area contributed by atoms with Crippen LogP contribution in [0.4, 0.5) is 17.1 Å². The van der Waals surface area contributed by atoms with E-state index in [-0.39, 0.29) is 11.6 Å². The Morgan fingerprint density at radius 2 is 1.86 bits per heavy atom. The van der Waals surface area contributed by atoms with Gasteiger partial charge < -0.3 is 10.6 Å². The number of nitro groups is 1. The Bertz CT molecular complexity index is 701. The third-order valence-corrected chi connectivity index (χ3v) is 3.33. The number of amides is 1. The van der Waals surface area contributed by atoms with E-state index in [4.69, 9.17) is 17.3 Å². The maximum atomic E-state index is 12.3. The fraction of sp³-hybridized carbons (Fsp3) is 0.0714. The SMILES string of the molecule is CN(C(=O)c1ccc(N)c(Cl)c1)c1ccc([N+](=O)[O-])cc1. The number of non-ortho nitro benzene ring substituents is 1. The molecule has 108 valence electrons. The van der Waals surface area contributed by atoms with Crippen LogP contribution in [0.25, 0.3) is 0 Å². The smallest absolute Gasteiger partial charge is 0.269 e. The summed E-state index contributed by atoms with van der Waals surface area (Å²) in [6.07, 6.45) is 0. The first-order chi connectivity index (χ1) is 9.90. The summed E-state index contributed by atoms with van der Waals surface area (Å²) in [6, 6.07) is 10.3. The number of nitro benzene ring substituents is 1. The minimum absolute atomic E-state index is 0.0323. The predicted molar refractivity (Wildman–Crippen MR) is 81.7 cm³/mol. The summed E-state index contributed by atoms with van der Waals surface area (Å²) in [6.45, 7) is 0. The normalized spacial score (nSPS) is 10.2. The van der Waals surface area contributed by atoms with Gasteiger partial charge in [-0.15, -0.1) is 0 Å². The van der Waals surface area contributed by atoms with E-state index in [0.717, 1.165) is 0 Å². The number of anilines is 2. The van der Waals surface area contributed by atoms with Gasteiger partial charge in [0.15, 0.2) is 0 Å². The van der Waals surface area contributed by atoms with Crippen molar-refractivity contribution < 1.29 is 9.72 Å². The van der Waals surface area contributed by atoms with Gasteiger partial charge in [0.25, 0.3) is 11.6 Å². The molecule has 0 spiro atoms. The molecule has 0 unspecified atom stereocenters. The molecule has 0 saturated carbocycles. The van der Waals surface area contributed by atoms with Crippen molar-refractivity contribution in [3.8, 4) is 0 Å². The molecule has 0 aromatic heterocycles. The third-order valence-electron chi connectivity index (χ3n) is 3.00. The van der Waals surface area contributed by atoms with Crippen LogP contribution in [0.5, 0.6) is 0 Å². The van der Waals surface area contributed by atoms with Crippen molar-refractivity contribution in [2.75, 3.05) is 17.7 Å². The first kappa shape index (κ1) is 14.8. The molecular formula is C14H12ClN3O3. The van der Waals surface area contributed by atoms with E-state index in [1.165, 1.54) is 35.2 Å². The molecule has 2 N–H and O–H groups in total. The fourth-order valence-corrected chi connectivity index (χ4v) is 1.95. The van der Waals surface area contributed by atoms with Gasteiger partial charge in [-0.25, -0.2) is 0 Å². The average molecular weight is 306 g/mol. The Morgan fingerprint density at radius 1 is 1.24 bits per heavy atom. The third kappa shape index (κ3) is 3.11. The van der Waals surface area contributed by atoms with Gasteiger partial charge in [0.2, 0.25) is 0 Å². The van der Waals surface area contributed by atoms with Crippen LogP contribution in [0, 0.1) is 10.1 Å². The summed E-state index contributed by atoms with van der Waals surface area (Å²) in [7, 11) is 1.58. The summed E-state index contributed by atoms with van der Waals surface area (Å²) < 4.78 is 0. The summed E-state index contributed by atoms with van der Waals surface area (Å²) >= 11 is 5.89. The predicted octanol–water partition coefficient (Wildman–Crippen LogP) is 3.11. The molecular weight excluding hydrogens is 294 g/mol. The largest absolute Gasteiger partial charge is 0.398 e. The van der Waals surface area contributed by atoms with Gasteiger partial charge in [-0.05, 0) is 30.3 Å². The first-order valence-electron chi connectivity index (χ1n) is 5.97. The molecule has 0 heterocycles. The van der Waals surface area contributed by atoms with Crippen molar-refractivity contribution in [2.24, 2.45) is 0 Å². The van der Waals surface area contributed by atoms with Crippen LogP contribution in [-0.2, 0) is 0 Å². The van der Waals surface area contributed by atoms with E-state index < -0.39 is 4.92 Å². The van der Waals surface area contributed by atoms with E-state index in [0.29, 0.717) is 22.0 Å². The lowest BCUT2D eigenvalue weighted by Crippen LogP contribution is -2.26. The van der Waals surface area contributed by atoms with Crippen LogP contribution in [0.3, 0.4) is 0 Å². The number of nitrogens with zero attached hydrogens (tertiary/aromatic N) is 2. The lowest BCUT2D eigenvalue weighted by molar-refractivity contribution is -0.384. The molecule has 0 bridgehead atoms. The maximum absolute atomic E-state index is 12.3. The molecule has 0 aliphatic carbocycles. The number of carbonyl (C=O) groups is 1. The van der Waals surface area contributed by atoms with E-state index in [2.05, 4.69) is 0 Å². The summed E-state index contributed by atoms with van der Waals surface area (Å²) in [5.41, 5.74) is 6.89. The molecule has 0 saturated heterocycles. The standard InChI is InChI=1S/C14H12ClN3O3/c1-17(10-3-5-11(6-4-10)18(20)21)14(19)9-2-7-13(16)12(15)8-9/h2-8H,16H2,1H3. The number of nitrogen functional groups attached to an aromatic ring is 1. The summed E-state index contributed by atoms with van der Waals surface area (Å²) in [5.74, 6) is -0.286. The Morgan fingerprint density at radius 3 is 2.38 bits per heavy atom. The van der Waals surface area contributed by atoms with Gasteiger partial charge in [0.05, 0.1) is 15.6 Å². The van der Waals surface area contributed by atoms with Crippen molar-refractivity contribution >= 4 is 34.6 Å². The zero-order valence-electron chi connectivity index (χ0n) is 11.1. The van der Waals surface area contributed by atoms with Gasteiger partial charge in [-0.2, -0.15) is 0 Å². The van der Waals surface area contributed by atoms with E-state index in [1.807, 2.05) is 0 Å². The highest BCUT2D eigenvalue weighted by Gasteiger charge is 2.15. The number of hydrogen-bond acceptors (Lipinski definition) is 4. The molecule has 0 atom stereocenters. The maximum Gasteiger partial charge on any atom is 0.269 e. The molecule has 0 radical (unpaired) electrons. The Labute approximate surface area is 125 Å². The fourth-order valence-electron chi connectivity index (χ4n) is 1.77. The second-order valence-electron chi connectivity index (χ2n) is 4.37. The Kier molecular flexibility index (Phi) is 4.09. The Hall–Kier alpha value is -2.60. The lowest BCUT2D eigenvalue weighted by atomic mass is 10.1.